The van der Waals surface area contributed by atoms with Gasteiger partial charge in [0.1, 0.15) is 9.90 Å². The fourth-order valence-electron chi connectivity index (χ4n) is 3.35. The Kier molecular flexibility index (Phi) is 5.71. The van der Waals surface area contributed by atoms with E-state index in [0.29, 0.717) is 28.8 Å². The van der Waals surface area contributed by atoms with E-state index in [4.69, 9.17) is 11.6 Å². The molecule has 0 bridgehead atoms. The quantitative estimate of drug-likeness (QED) is 0.639. The van der Waals surface area contributed by atoms with Gasteiger partial charge in [0.2, 0.25) is 0 Å². The molecule has 1 fully saturated rings. The van der Waals surface area contributed by atoms with Crippen LogP contribution < -0.4 is 0 Å². The summed E-state index contributed by atoms with van der Waals surface area (Å²) < 4.78 is 27.5. The summed E-state index contributed by atoms with van der Waals surface area (Å²) in [5.74, 6) is -0.186. The molecule has 2 aromatic heterocycles. The van der Waals surface area contributed by atoms with E-state index in [1.807, 2.05) is 32.0 Å². The van der Waals surface area contributed by atoms with Gasteiger partial charge >= 0.3 is 0 Å². The van der Waals surface area contributed by atoms with Crippen molar-refractivity contribution >= 4 is 38.9 Å². The minimum atomic E-state index is -3.59. The third-order valence-electron chi connectivity index (χ3n) is 5.28. The second-order valence-electron chi connectivity index (χ2n) is 7.22. The fourth-order valence-corrected chi connectivity index (χ4v) is 6.40. The Labute approximate surface area is 184 Å². The molecular formula is C20H21ClN4O3S2. The molecule has 0 unspecified atom stereocenters. The maximum absolute atomic E-state index is 12.9. The van der Waals surface area contributed by atoms with Crippen LogP contribution in [0.15, 0.2) is 40.6 Å². The standard InChI is InChI=1S/C20H21ClN4O3S2/c1-13-3-4-15(11-14(13)2)16-12-17(23-22-16)20(26)24-7-9-25(10-8-24)30(27,28)19-6-5-18(21)29-19/h3-6,11-12H,7-10H2,1-2H3,(H,22,23). The number of hydrogen-bond donors (Lipinski definition) is 1. The summed E-state index contributed by atoms with van der Waals surface area (Å²) >= 11 is 6.91. The number of aromatic nitrogens is 2. The molecular weight excluding hydrogens is 444 g/mol. The van der Waals surface area contributed by atoms with E-state index in [1.165, 1.54) is 15.9 Å². The van der Waals surface area contributed by atoms with Crippen molar-refractivity contribution in [1.82, 2.24) is 19.4 Å². The maximum atomic E-state index is 12.9. The first-order valence-electron chi connectivity index (χ1n) is 9.43. The highest BCUT2D eigenvalue weighted by molar-refractivity contribution is 7.91. The molecule has 1 saturated heterocycles. The van der Waals surface area contributed by atoms with Crippen molar-refractivity contribution in [2.45, 2.75) is 18.1 Å². The highest BCUT2D eigenvalue weighted by atomic mass is 35.5. The molecule has 0 saturated carbocycles. The summed E-state index contributed by atoms with van der Waals surface area (Å²) in [5.41, 5.74) is 4.40. The van der Waals surface area contributed by atoms with Crippen molar-refractivity contribution in [2.75, 3.05) is 26.2 Å². The van der Waals surface area contributed by atoms with Gasteiger partial charge < -0.3 is 4.90 Å². The monoisotopic (exact) mass is 464 g/mol. The first-order valence-corrected chi connectivity index (χ1v) is 12.1. The molecule has 7 nitrogen and oxygen atoms in total. The summed E-state index contributed by atoms with van der Waals surface area (Å²) in [6, 6.07) is 10.9. The number of carbonyl (C=O) groups is 1. The van der Waals surface area contributed by atoms with E-state index in [2.05, 4.69) is 10.2 Å². The van der Waals surface area contributed by atoms with Crippen molar-refractivity contribution in [3.8, 4) is 11.3 Å². The van der Waals surface area contributed by atoms with Crippen molar-refractivity contribution in [3.63, 3.8) is 0 Å². The SMILES string of the molecule is Cc1ccc(-c2cc(C(=O)N3CCN(S(=O)(=O)c4ccc(Cl)s4)CC3)[nH]n2)cc1C. The molecule has 0 spiro atoms. The number of hydrogen-bond acceptors (Lipinski definition) is 5. The predicted molar refractivity (Wildman–Crippen MR) is 117 cm³/mol. The van der Waals surface area contributed by atoms with Crippen molar-refractivity contribution < 1.29 is 13.2 Å². The molecule has 0 atom stereocenters. The smallest absolute Gasteiger partial charge is 0.271 e. The summed E-state index contributed by atoms with van der Waals surface area (Å²) in [6.45, 7) is 5.19. The number of H-pyrrole nitrogens is 1. The van der Waals surface area contributed by atoms with Gasteiger partial charge in [-0.15, -0.1) is 11.3 Å². The number of piperazine rings is 1. The molecule has 0 aliphatic carbocycles. The van der Waals surface area contributed by atoms with Gasteiger partial charge in [-0.3, -0.25) is 9.89 Å². The van der Waals surface area contributed by atoms with Crippen LogP contribution in [0.25, 0.3) is 11.3 Å². The Morgan fingerprint density at radius 1 is 1.07 bits per heavy atom. The number of benzene rings is 1. The molecule has 1 aromatic carbocycles. The van der Waals surface area contributed by atoms with Gasteiger partial charge in [0.05, 0.1) is 10.0 Å². The third-order valence-corrected chi connectivity index (χ3v) is 8.88. The van der Waals surface area contributed by atoms with Crippen LogP contribution in [0.3, 0.4) is 0 Å². The number of thiophene rings is 1. The van der Waals surface area contributed by atoms with E-state index in [0.717, 1.165) is 22.5 Å². The minimum Gasteiger partial charge on any atom is -0.335 e. The average Bonchev–Trinajstić information content (AvgIpc) is 3.39. The van der Waals surface area contributed by atoms with E-state index in [1.54, 1.807) is 17.0 Å². The number of halogens is 1. The second kappa shape index (κ2) is 8.14. The van der Waals surface area contributed by atoms with Gasteiger partial charge in [-0.1, -0.05) is 23.7 Å². The van der Waals surface area contributed by atoms with Crippen LogP contribution in [0.5, 0.6) is 0 Å². The highest BCUT2D eigenvalue weighted by Gasteiger charge is 2.31. The summed E-state index contributed by atoms with van der Waals surface area (Å²) in [4.78, 5) is 14.5. The number of nitrogens with zero attached hydrogens (tertiary/aromatic N) is 3. The lowest BCUT2D eigenvalue weighted by Crippen LogP contribution is -2.50. The third kappa shape index (κ3) is 4.02. The normalized spacial score (nSPS) is 15.5. The topological polar surface area (TPSA) is 86.4 Å². The Morgan fingerprint density at radius 3 is 2.43 bits per heavy atom. The van der Waals surface area contributed by atoms with Gasteiger partial charge in [-0.25, -0.2) is 8.42 Å². The average molecular weight is 465 g/mol. The molecule has 1 aliphatic heterocycles. The second-order valence-corrected chi connectivity index (χ2v) is 11.1. The first-order chi connectivity index (χ1) is 14.3. The Hall–Kier alpha value is -2.20. The van der Waals surface area contributed by atoms with Gasteiger partial charge in [-0.05, 0) is 49.2 Å². The molecule has 30 heavy (non-hydrogen) atoms. The zero-order valence-electron chi connectivity index (χ0n) is 16.6. The van der Waals surface area contributed by atoms with Crippen molar-refractivity contribution in [1.29, 1.82) is 0 Å². The van der Waals surface area contributed by atoms with Crippen LogP contribution >= 0.6 is 22.9 Å². The molecule has 3 aromatic rings. The lowest BCUT2D eigenvalue weighted by molar-refractivity contribution is 0.0692. The highest BCUT2D eigenvalue weighted by Crippen LogP contribution is 2.29. The zero-order chi connectivity index (χ0) is 21.5. The van der Waals surface area contributed by atoms with Crippen molar-refractivity contribution in [3.05, 3.63) is 57.6 Å². The Morgan fingerprint density at radius 2 is 1.80 bits per heavy atom. The van der Waals surface area contributed by atoms with Crippen molar-refractivity contribution in [2.24, 2.45) is 0 Å². The van der Waals surface area contributed by atoms with E-state index >= 15 is 0 Å². The van der Waals surface area contributed by atoms with Crippen LogP contribution in [0.4, 0.5) is 0 Å². The van der Waals surface area contributed by atoms with Crippen LogP contribution in [0.2, 0.25) is 4.34 Å². The van der Waals surface area contributed by atoms with Gasteiger partial charge in [0, 0.05) is 31.7 Å². The minimum absolute atomic E-state index is 0.186. The molecule has 158 valence electrons. The number of carbonyl (C=O) groups excluding carboxylic acids is 1. The fraction of sp³-hybridized carbons (Fsp3) is 0.300. The Balaban J connectivity index is 1.43. The van der Waals surface area contributed by atoms with Crippen LogP contribution in [-0.4, -0.2) is 59.9 Å². The predicted octanol–water partition coefficient (Wildman–Crippen LogP) is 3.56. The van der Waals surface area contributed by atoms with E-state index < -0.39 is 10.0 Å². The Bertz CT molecular complexity index is 1190. The summed E-state index contributed by atoms with van der Waals surface area (Å²) in [6.07, 6.45) is 0. The molecule has 3 heterocycles. The number of amides is 1. The van der Waals surface area contributed by atoms with Crippen LogP contribution in [-0.2, 0) is 10.0 Å². The molecule has 1 aliphatic rings. The maximum Gasteiger partial charge on any atom is 0.271 e. The van der Waals surface area contributed by atoms with E-state index in [-0.39, 0.29) is 23.2 Å². The number of aromatic amines is 1. The van der Waals surface area contributed by atoms with Crippen LogP contribution in [0.1, 0.15) is 21.6 Å². The largest absolute Gasteiger partial charge is 0.335 e. The summed E-state index contributed by atoms with van der Waals surface area (Å²) in [7, 11) is -3.59. The number of nitrogens with one attached hydrogen (secondary N) is 1. The van der Waals surface area contributed by atoms with Gasteiger partial charge in [0.25, 0.3) is 15.9 Å². The zero-order valence-corrected chi connectivity index (χ0v) is 18.9. The molecule has 1 amide bonds. The van der Waals surface area contributed by atoms with Crippen LogP contribution in [0, 0.1) is 13.8 Å². The van der Waals surface area contributed by atoms with Gasteiger partial charge in [0.15, 0.2) is 0 Å². The molecule has 10 heteroatoms. The molecule has 0 radical (unpaired) electrons. The summed E-state index contributed by atoms with van der Waals surface area (Å²) in [5, 5.41) is 7.10. The van der Waals surface area contributed by atoms with Gasteiger partial charge in [-0.2, -0.15) is 9.40 Å². The molecule has 4 rings (SSSR count). The first kappa shape index (κ1) is 21.0. The number of aryl methyl sites for hydroxylation is 2. The van der Waals surface area contributed by atoms with E-state index in [9.17, 15) is 13.2 Å². The number of rotatable bonds is 4. The number of sulfonamides is 1. The molecule has 1 N–H and O–H groups in total. The lowest BCUT2D eigenvalue weighted by Gasteiger charge is -2.33. The lowest BCUT2D eigenvalue weighted by atomic mass is 10.0.